The average molecular weight is 357 g/mol. The minimum atomic E-state index is -0.393. The van der Waals surface area contributed by atoms with Gasteiger partial charge in [0.05, 0.1) is 15.6 Å². The lowest BCUT2D eigenvalue weighted by Gasteiger charge is -2.09. The Hall–Kier alpha value is -1.82. The second kappa shape index (κ2) is 6.12. The summed E-state index contributed by atoms with van der Waals surface area (Å²) in [6.07, 6.45) is 0. The van der Waals surface area contributed by atoms with E-state index in [1.165, 1.54) is 16.8 Å². The first-order valence-electron chi connectivity index (χ1n) is 6.17. The molecule has 0 aliphatic rings. The van der Waals surface area contributed by atoms with E-state index < -0.39 is 5.91 Å². The van der Waals surface area contributed by atoms with Gasteiger partial charge in [-0.3, -0.25) is 4.79 Å². The summed E-state index contributed by atoms with van der Waals surface area (Å²) in [5.74, 6) is -0.193. The Morgan fingerprint density at radius 1 is 1.14 bits per heavy atom. The van der Waals surface area contributed by atoms with Crippen LogP contribution in [0.25, 0.3) is 11.0 Å². The minimum absolute atomic E-state index is 0.200. The molecule has 0 aliphatic heterocycles. The van der Waals surface area contributed by atoms with Crippen molar-refractivity contribution >= 4 is 51.7 Å². The van der Waals surface area contributed by atoms with Gasteiger partial charge in [0.2, 0.25) is 0 Å². The highest BCUT2D eigenvalue weighted by molar-refractivity contribution is 6.40. The van der Waals surface area contributed by atoms with Crippen LogP contribution in [0.1, 0.15) is 4.79 Å². The van der Waals surface area contributed by atoms with Crippen molar-refractivity contribution in [2.75, 3.05) is 6.61 Å². The Balaban J connectivity index is 1.81. The molecule has 0 amide bonds. The standard InChI is InChI=1S/C14H8Cl3N3O2/c15-8-5-9(16)14(10(17)6-8)22-7-13(21)20-12-4-2-1-3-11(12)18-19-20/h1-6H,7H2. The molecule has 8 heteroatoms. The molecule has 3 aromatic rings. The summed E-state index contributed by atoms with van der Waals surface area (Å²) in [5.41, 5.74) is 1.22. The van der Waals surface area contributed by atoms with Gasteiger partial charge in [0.1, 0.15) is 5.52 Å². The zero-order chi connectivity index (χ0) is 15.7. The molecule has 3 rings (SSSR count). The number of nitrogens with zero attached hydrogens (tertiary/aromatic N) is 3. The first-order valence-corrected chi connectivity index (χ1v) is 7.30. The Labute approximate surface area is 140 Å². The Kier molecular flexibility index (Phi) is 4.20. The Morgan fingerprint density at radius 2 is 1.82 bits per heavy atom. The monoisotopic (exact) mass is 355 g/mol. The quantitative estimate of drug-likeness (QED) is 0.708. The summed E-state index contributed by atoms with van der Waals surface area (Å²) in [7, 11) is 0. The van der Waals surface area contributed by atoms with Crippen LogP contribution in [0, 0.1) is 0 Å². The van der Waals surface area contributed by atoms with Crippen LogP contribution in [0.15, 0.2) is 36.4 Å². The van der Waals surface area contributed by atoms with E-state index in [2.05, 4.69) is 10.3 Å². The van der Waals surface area contributed by atoms with E-state index in [0.717, 1.165) is 0 Å². The van der Waals surface area contributed by atoms with Gasteiger partial charge < -0.3 is 4.74 Å². The third kappa shape index (κ3) is 2.88. The van der Waals surface area contributed by atoms with Gasteiger partial charge >= 0.3 is 0 Å². The first kappa shape index (κ1) is 15.1. The van der Waals surface area contributed by atoms with Crippen LogP contribution < -0.4 is 4.74 Å². The molecule has 0 bridgehead atoms. The maximum atomic E-state index is 12.2. The van der Waals surface area contributed by atoms with Gasteiger partial charge in [-0.05, 0) is 24.3 Å². The molecule has 0 saturated carbocycles. The maximum absolute atomic E-state index is 12.2. The molecule has 0 fully saturated rings. The number of ether oxygens (including phenoxy) is 1. The molecule has 0 atom stereocenters. The topological polar surface area (TPSA) is 57.0 Å². The molecule has 112 valence electrons. The fourth-order valence-electron chi connectivity index (χ4n) is 1.92. The highest BCUT2D eigenvalue weighted by atomic mass is 35.5. The zero-order valence-electron chi connectivity index (χ0n) is 11.0. The van der Waals surface area contributed by atoms with Crippen LogP contribution >= 0.6 is 34.8 Å². The van der Waals surface area contributed by atoms with Gasteiger partial charge in [0.15, 0.2) is 12.4 Å². The number of carbonyl (C=O) groups is 1. The largest absolute Gasteiger partial charge is 0.481 e. The van der Waals surface area contributed by atoms with Crippen molar-refractivity contribution in [3.63, 3.8) is 0 Å². The van der Waals surface area contributed by atoms with E-state index in [1.807, 2.05) is 6.07 Å². The molecular weight excluding hydrogens is 349 g/mol. The second-order valence-electron chi connectivity index (χ2n) is 4.37. The number of rotatable bonds is 3. The molecule has 0 saturated heterocycles. The number of aromatic nitrogens is 3. The summed E-state index contributed by atoms with van der Waals surface area (Å²) in [5, 5.41) is 8.57. The van der Waals surface area contributed by atoms with Crippen molar-refractivity contribution in [3.8, 4) is 5.75 Å². The minimum Gasteiger partial charge on any atom is -0.481 e. The predicted octanol–water partition coefficient (Wildman–Crippen LogP) is 4.11. The lowest BCUT2D eigenvalue weighted by Crippen LogP contribution is -2.20. The summed E-state index contributed by atoms with van der Waals surface area (Å²) < 4.78 is 6.57. The van der Waals surface area contributed by atoms with Gasteiger partial charge in [-0.1, -0.05) is 52.1 Å². The van der Waals surface area contributed by atoms with Crippen molar-refractivity contribution in [2.45, 2.75) is 0 Å². The van der Waals surface area contributed by atoms with Crippen LogP contribution in [0.4, 0.5) is 0 Å². The molecule has 0 aliphatic carbocycles. The van der Waals surface area contributed by atoms with Crippen molar-refractivity contribution < 1.29 is 9.53 Å². The van der Waals surface area contributed by atoms with Gasteiger partial charge in [-0.25, -0.2) is 0 Å². The van der Waals surface area contributed by atoms with Crippen molar-refractivity contribution in [3.05, 3.63) is 51.5 Å². The molecule has 2 aromatic carbocycles. The third-order valence-electron chi connectivity index (χ3n) is 2.89. The summed E-state index contributed by atoms with van der Waals surface area (Å²) in [4.78, 5) is 12.2. The number of hydrogen-bond donors (Lipinski definition) is 0. The number of carbonyl (C=O) groups excluding carboxylic acids is 1. The average Bonchev–Trinajstić information content (AvgIpc) is 2.90. The van der Waals surface area contributed by atoms with Gasteiger partial charge in [-0.15, -0.1) is 5.10 Å². The van der Waals surface area contributed by atoms with E-state index >= 15 is 0 Å². The van der Waals surface area contributed by atoms with Gasteiger partial charge in [0, 0.05) is 5.02 Å². The van der Waals surface area contributed by atoms with E-state index in [9.17, 15) is 4.79 Å². The molecule has 22 heavy (non-hydrogen) atoms. The van der Waals surface area contributed by atoms with Crippen LogP contribution in [-0.4, -0.2) is 27.5 Å². The van der Waals surface area contributed by atoms with Crippen LogP contribution in [-0.2, 0) is 0 Å². The van der Waals surface area contributed by atoms with E-state index in [4.69, 9.17) is 39.5 Å². The molecule has 1 aromatic heterocycles. The fourth-order valence-corrected chi connectivity index (χ4v) is 2.84. The third-order valence-corrected chi connectivity index (χ3v) is 3.67. The highest BCUT2D eigenvalue weighted by Gasteiger charge is 2.15. The molecule has 0 radical (unpaired) electrons. The summed E-state index contributed by atoms with van der Waals surface area (Å²) in [6, 6.07) is 10.1. The second-order valence-corrected chi connectivity index (χ2v) is 5.62. The molecule has 0 unspecified atom stereocenters. The SMILES string of the molecule is O=C(COc1c(Cl)cc(Cl)cc1Cl)n1nnc2ccccc21. The summed E-state index contributed by atoms with van der Waals surface area (Å²) in [6.45, 7) is -0.283. The normalized spacial score (nSPS) is 10.9. The van der Waals surface area contributed by atoms with E-state index in [0.29, 0.717) is 16.1 Å². The van der Waals surface area contributed by atoms with Crippen LogP contribution in [0.5, 0.6) is 5.75 Å². The Bertz CT molecular complexity index is 840. The first-order chi connectivity index (χ1) is 10.6. The Morgan fingerprint density at radius 3 is 2.55 bits per heavy atom. The maximum Gasteiger partial charge on any atom is 0.286 e. The van der Waals surface area contributed by atoms with E-state index in [1.54, 1.807) is 18.2 Å². The summed E-state index contributed by atoms with van der Waals surface area (Å²) >= 11 is 17.8. The van der Waals surface area contributed by atoms with Crippen LogP contribution in [0.2, 0.25) is 15.1 Å². The van der Waals surface area contributed by atoms with Crippen molar-refractivity contribution in [2.24, 2.45) is 0 Å². The smallest absolute Gasteiger partial charge is 0.286 e. The number of fused-ring (bicyclic) bond motifs is 1. The fraction of sp³-hybridized carbons (Fsp3) is 0.0714. The van der Waals surface area contributed by atoms with Gasteiger partial charge in [0.25, 0.3) is 5.91 Å². The van der Waals surface area contributed by atoms with Gasteiger partial charge in [-0.2, -0.15) is 4.68 Å². The lowest BCUT2D eigenvalue weighted by molar-refractivity contribution is 0.0825. The molecule has 1 heterocycles. The number of benzene rings is 2. The lowest BCUT2D eigenvalue weighted by atomic mass is 10.3. The van der Waals surface area contributed by atoms with Crippen molar-refractivity contribution in [1.82, 2.24) is 15.0 Å². The number of halogens is 3. The molecular formula is C14H8Cl3N3O2. The molecule has 0 spiro atoms. The number of para-hydroxylation sites is 1. The zero-order valence-corrected chi connectivity index (χ0v) is 13.2. The number of hydrogen-bond acceptors (Lipinski definition) is 4. The molecule has 0 N–H and O–H groups in total. The highest BCUT2D eigenvalue weighted by Crippen LogP contribution is 2.35. The van der Waals surface area contributed by atoms with E-state index in [-0.39, 0.29) is 22.4 Å². The molecule has 5 nitrogen and oxygen atoms in total. The van der Waals surface area contributed by atoms with Crippen molar-refractivity contribution in [1.29, 1.82) is 0 Å². The van der Waals surface area contributed by atoms with Crippen LogP contribution in [0.3, 0.4) is 0 Å². The predicted molar refractivity (Wildman–Crippen MR) is 85.1 cm³/mol.